The largest absolute Gasteiger partial charge is 0.387 e. The zero-order valence-corrected chi connectivity index (χ0v) is 13.2. The molecule has 2 rings (SSSR count). The van der Waals surface area contributed by atoms with Crippen LogP contribution in [0.2, 0.25) is 0 Å². The van der Waals surface area contributed by atoms with Crippen LogP contribution in [0.5, 0.6) is 0 Å². The molecule has 0 aliphatic heterocycles. The lowest BCUT2D eigenvalue weighted by molar-refractivity contribution is 0.0915. The molecule has 1 atom stereocenters. The first kappa shape index (κ1) is 17.1. The van der Waals surface area contributed by atoms with Crippen LogP contribution >= 0.6 is 0 Å². The Hall–Kier alpha value is -2.24. The van der Waals surface area contributed by atoms with Crippen LogP contribution in [-0.2, 0) is 11.3 Å². The van der Waals surface area contributed by atoms with Crippen LogP contribution in [-0.4, -0.2) is 24.7 Å². The monoisotopic (exact) mass is 317 g/mol. The van der Waals surface area contributed by atoms with Crippen LogP contribution in [0.3, 0.4) is 0 Å². The lowest BCUT2D eigenvalue weighted by atomic mass is 10.0. The number of carbonyl (C=O) groups is 1. The van der Waals surface area contributed by atoms with E-state index in [1.807, 2.05) is 31.2 Å². The molecule has 0 heterocycles. The summed E-state index contributed by atoms with van der Waals surface area (Å²) in [5.74, 6) is -0.779. The van der Waals surface area contributed by atoms with Gasteiger partial charge in [-0.1, -0.05) is 24.3 Å². The molecule has 0 fully saturated rings. The molecule has 0 radical (unpaired) electrons. The summed E-state index contributed by atoms with van der Waals surface area (Å²) in [5.41, 5.74) is 2.38. The summed E-state index contributed by atoms with van der Waals surface area (Å²) < 4.78 is 18.4. The van der Waals surface area contributed by atoms with Gasteiger partial charge >= 0.3 is 0 Å². The molecule has 0 saturated carbocycles. The highest BCUT2D eigenvalue weighted by atomic mass is 19.1. The van der Waals surface area contributed by atoms with Crippen LogP contribution < -0.4 is 5.32 Å². The van der Waals surface area contributed by atoms with Gasteiger partial charge in [0, 0.05) is 24.8 Å². The molecule has 1 unspecified atom stereocenters. The summed E-state index contributed by atoms with van der Waals surface area (Å²) in [6.07, 6.45) is -0.793. The third-order valence-electron chi connectivity index (χ3n) is 3.61. The van der Waals surface area contributed by atoms with Crippen molar-refractivity contribution in [2.24, 2.45) is 0 Å². The van der Waals surface area contributed by atoms with Crippen molar-refractivity contribution in [1.82, 2.24) is 5.32 Å². The van der Waals surface area contributed by atoms with Gasteiger partial charge in [0.2, 0.25) is 0 Å². The quantitative estimate of drug-likeness (QED) is 0.861. The van der Waals surface area contributed by atoms with E-state index in [1.165, 1.54) is 25.3 Å². The zero-order chi connectivity index (χ0) is 16.8. The molecule has 122 valence electrons. The van der Waals surface area contributed by atoms with Gasteiger partial charge in [0.25, 0.3) is 5.91 Å². The molecule has 5 heteroatoms. The van der Waals surface area contributed by atoms with Crippen molar-refractivity contribution < 1.29 is 19.0 Å². The first-order valence-corrected chi connectivity index (χ1v) is 7.32. The van der Waals surface area contributed by atoms with E-state index in [2.05, 4.69) is 5.32 Å². The number of benzene rings is 2. The highest BCUT2D eigenvalue weighted by Gasteiger charge is 2.14. The Bertz CT molecular complexity index is 688. The van der Waals surface area contributed by atoms with Gasteiger partial charge in [-0.2, -0.15) is 0 Å². The van der Waals surface area contributed by atoms with Crippen LogP contribution in [0.1, 0.15) is 33.2 Å². The topological polar surface area (TPSA) is 58.6 Å². The second-order valence-electron chi connectivity index (χ2n) is 5.32. The maximum absolute atomic E-state index is 13.5. The summed E-state index contributed by atoms with van der Waals surface area (Å²) in [6.45, 7) is 2.08. The fraction of sp³-hybridized carbons (Fsp3) is 0.278. The Morgan fingerprint density at radius 3 is 2.74 bits per heavy atom. The number of hydrogen-bond donors (Lipinski definition) is 2. The lowest BCUT2D eigenvalue weighted by Gasteiger charge is -2.15. The number of halogens is 1. The number of methoxy groups -OCH3 is 1. The van der Waals surface area contributed by atoms with Gasteiger partial charge in [-0.3, -0.25) is 4.79 Å². The Labute approximate surface area is 134 Å². The SMILES string of the molecule is COCc1cc(C(=O)NCC(O)c2ccccc2C)ccc1F. The van der Waals surface area contributed by atoms with E-state index in [0.29, 0.717) is 11.1 Å². The number of aliphatic hydroxyl groups is 1. The third kappa shape index (κ3) is 4.37. The molecular formula is C18H20FNO3. The predicted molar refractivity (Wildman–Crippen MR) is 85.6 cm³/mol. The average molecular weight is 317 g/mol. The second-order valence-corrected chi connectivity index (χ2v) is 5.32. The minimum absolute atomic E-state index is 0.0840. The number of carbonyl (C=O) groups excluding carboxylic acids is 1. The number of rotatable bonds is 6. The summed E-state index contributed by atoms with van der Waals surface area (Å²) in [7, 11) is 1.46. The standard InChI is InChI=1S/C18H20FNO3/c1-12-5-3-4-6-15(12)17(21)10-20-18(22)13-7-8-16(19)14(9-13)11-23-2/h3-9,17,21H,10-11H2,1-2H3,(H,20,22). The lowest BCUT2D eigenvalue weighted by Crippen LogP contribution is -2.28. The molecule has 0 saturated heterocycles. The van der Waals surface area contributed by atoms with E-state index < -0.39 is 11.9 Å². The van der Waals surface area contributed by atoms with Gasteiger partial charge in [-0.25, -0.2) is 4.39 Å². The summed E-state index contributed by atoms with van der Waals surface area (Å²) >= 11 is 0. The fourth-order valence-electron chi connectivity index (χ4n) is 2.34. The number of amides is 1. The normalized spacial score (nSPS) is 12.0. The Morgan fingerprint density at radius 1 is 1.30 bits per heavy atom. The fourth-order valence-corrected chi connectivity index (χ4v) is 2.34. The second kappa shape index (κ2) is 7.85. The Morgan fingerprint density at radius 2 is 2.04 bits per heavy atom. The van der Waals surface area contributed by atoms with Crippen molar-refractivity contribution in [3.63, 3.8) is 0 Å². The Kier molecular flexibility index (Phi) is 5.84. The first-order chi connectivity index (χ1) is 11.0. The summed E-state index contributed by atoms with van der Waals surface area (Å²) in [4.78, 5) is 12.1. The van der Waals surface area contributed by atoms with E-state index in [9.17, 15) is 14.3 Å². The van der Waals surface area contributed by atoms with E-state index in [0.717, 1.165) is 11.1 Å². The van der Waals surface area contributed by atoms with Crippen molar-refractivity contribution in [3.05, 3.63) is 70.5 Å². The molecule has 4 nitrogen and oxygen atoms in total. The predicted octanol–water partition coefficient (Wildman–Crippen LogP) is 2.74. The maximum Gasteiger partial charge on any atom is 0.251 e. The molecule has 0 aromatic heterocycles. The third-order valence-corrected chi connectivity index (χ3v) is 3.61. The van der Waals surface area contributed by atoms with Gasteiger partial charge < -0.3 is 15.2 Å². The molecule has 0 bridgehead atoms. The van der Waals surface area contributed by atoms with Crippen LogP contribution in [0.25, 0.3) is 0 Å². The van der Waals surface area contributed by atoms with Crippen molar-refractivity contribution in [2.75, 3.05) is 13.7 Å². The van der Waals surface area contributed by atoms with Gasteiger partial charge in [-0.05, 0) is 36.2 Å². The molecule has 0 aliphatic carbocycles. The van der Waals surface area contributed by atoms with E-state index in [4.69, 9.17) is 4.74 Å². The number of nitrogens with one attached hydrogen (secondary N) is 1. The maximum atomic E-state index is 13.5. The van der Waals surface area contributed by atoms with Crippen molar-refractivity contribution in [1.29, 1.82) is 0 Å². The molecule has 2 N–H and O–H groups in total. The molecular weight excluding hydrogens is 297 g/mol. The number of ether oxygens (including phenoxy) is 1. The van der Waals surface area contributed by atoms with Crippen molar-refractivity contribution in [3.8, 4) is 0 Å². The molecule has 0 aliphatic rings. The number of hydrogen-bond acceptors (Lipinski definition) is 3. The van der Waals surface area contributed by atoms with Crippen molar-refractivity contribution in [2.45, 2.75) is 19.6 Å². The minimum atomic E-state index is -0.793. The molecule has 1 amide bonds. The summed E-state index contributed by atoms with van der Waals surface area (Å²) in [5, 5.41) is 12.8. The zero-order valence-electron chi connectivity index (χ0n) is 13.2. The van der Waals surface area contributed by atoms with E-state index in [1.54, 1.807) is 0 Å². The van der Waals surface area contributed by atoms with Crippen LogP contribution in [0, 0.1) is 12.7 Å². The minimum Gasteiger partial charge on any atom is -0.387 e. The highest BCUT2D eigenvalue weighted by molar-refractivity contribution is 5.94. The van der Waals surface area contributed by atoms with Crippen LogP contribution in [0.15, 0.2) is 42.5 Å². The number of aryl methyl sites for hydroxylation is 1. The van der Waals surface area contributed by atoms with Gasteiger partial charge in [0.1, 0.15) is 5.82 Å². The van der Waals surface area contributed by atoms with Crippen LogP contribution in [0.4, 0.5) is 4.39 Å². The molecule has 23 heavy (non-hydrogen) atoms. The van der Waals surface area contributed by atoms with Gasteiger partial charge in [-0.15, -0.1) is 0 Å². The summed E-state index contributed by atoms with van der Waals surface area (Å²) in [6, 6.07) is 11.5. The van der Waals surface area contributed by atoms with E-state index in [-0.39, 0.29) is 19.1 Å². The molecule has 2 aromatic carbocycles. The number of aliphatic hydroxyl groups excluding tert-OH is 1. The average Bonchev–Trinajstić information content (AvgIpc) is 2.55. The first-order valence-electron chi connectivity index (χ1n) is 7.32. The molecule has 2 aromatic rings. The van der Waals surface area contributed by atoms with Crippen molar-refractivity contribution >= 4 is 5.91 Å². The molecule has 0 spiro atoms. The Balaban J connectivity index is 2.02. The van der Waals surface area contributed by atoms with E-state index >= 15 is 0 Å². The van der Waals surface area contributed by atoms with Gasteiger partial charge in [0.05, 0.1) is 12.7 Å². The smallest absolute Gasteiger partial charge is 0.251 e. The van der Waals surface area contributed by atoms with Gasteiger partial charge in [0.15, 0.2) is 0 Å². The highest BCUT2D eigenvalue weighted by Crippen LogP contribution is 2.17.